The summed E-state index contributed by atoms with van der Waals surface area (Å²) in [7, 11) is 3.48. The van der Waals surface area contributed by atoms with E-state index in [2.05, 4.69) is 5.10 Å². The van der Waals surface area contributed by atoms with Gasteiger partial charge in [0.25, 0.3) is 5.91 Å². The zero-order valence-electron chi connectivity index (χ0n) is 18.3. The fourth-order valence-corrected chi connectivity index (χ4v) is 3.88. The molecule has 1 amide bonds. The van der Waals surface area contributed by atoms with E-state index in [-0.39, 0.29) is 12.7 Å². The number of hydrogen-bond acceptors (Lipinski definition) is 5. The van der Waals surface area contributed by atoms with Crippen LogP contribution in [0.2, 0.25) is 0 Å². The van der Waals surface area contributed by atoms with Crippen molar-refractivity contribution >= 4 is 5.91 Å². The molecule has 0 radical (unpaired) electrons. The topological polar surface area (TPSA) is 65.8 Å². The number of carbonyl (C=O) groups is 1. The summed E-state index contributed by atoms with van der Waals surface area (Å²) >= 11 is 0. The smallest absolute Gasteiger partial charge is 0.256 e. The number of methoxy groups -OCH3 is 1. The number of ether oxygens (including phenoxy) is 3. The molecule has 1 aliphatic rings. The van der Waals surface area contributed by atoms with Crippen molar-refractivity contribution in [2.75, 3.05) is 13.9 Å². The molecule has 0 unspecified atom stereocenters. The molecular weight excluding hydrogens is 394 g/mol. The van der Waals surface area contributed by atoms with Gasteiger partial charge in [-0.3, -0.25) is 9.48 Å². The van der Waals surface area contributed by atoms with E-state index in [1.54, 1.807) is 7.11 Å². The van der Waals surface area contributed by atoms with Crippen LogP contribution in [0.15, 0.2) is 48.5 Å². The number of nitrogens with zero attached hydrogens (tertiary/aromatic N) is 3. The summed E-state index contributed by atoms with van der Waals surface area (Å²) < 4.78 is 18.4. The Kier molecular flexibility index (Phi) is 5.95. The van der Waals surface area contributed by atoms with E-state index in [1.165, 1.54) is 0 Å². The lowest BCUT2D eigenvalue weighted by molar-refractivity contribution is -0.143. The third-order valence-electron chi connectivity index (χ3n) is 5.69. The fourth-order valence-electron chi connectivity index (χ4n) is 3.88. The predicted octanol–water partition coefficient (Wildman–Crippen LogP) is 3.68. The minimum atomic E-state index is -0.688. The SMILES string of the molecule is CO[C@@H](C(=O)N(Cc1ccc2c(c1)OCO2)Cc1c(C)nn(C)c1C)c1ccccc1. The van der Waals surface area contributed by atoms with Crippen molar-refractivity contribution in [2.24, 2.45) is 7.05 Å². The van der Waals surface area contributed by atoms with Gasteiger partial charge in [0.05, 0.1) is 5.69 Å². The normalized spacial score (nSPS) is 13.3. The molecule has 7 heteroatoms. The second-order valence-corrected chi connectivity index (χ2v) is 7.68. The summed E-state index contributed by atoms with van der Waals surface area (Å²) in [5.74, 6) is 1.32. The molecule has 1 aromatic heterocycles. The van der Waals surface area contributed by atoms with E-state index in [9.17, 15) is 4.79 Å². The maximum absolute atomic E-state index is 13.7. The van der Waals surface area contributed by atoms with Crippen LogP contribution >= 0.6 is 0 Å². The molecule has 4 rings (SSSR count). The molecule has 3 aromatic rings. The van der Waals surface area contributed by atoms with Crippen LogP contribution in [-0.2, 0) is 29.7 Å². The third kappa shape index (κ3) is 4.27. The number of aryl methyl sites for hydroxylation is 2. The molecule has 0 fully saturated rings. The number of hydrogen-bond donors (Lipinski definition) is 0. The lowest BCUT2D eigenvalue weighted by Gasteiger charge is -2.27. The first-order chi connectivity index (χ1) is 15.0. The molecular formula is C24H27N3O4. The van der Waals surface area contributed by atoms with Crippen molar-refractivity contribution in [2.45, 2.75) is 33.0 Å². The summed E-state index contributed by atoms with van der Waals surface area (Å²) in [5, 5.41) is 4.51. The number of rotatable bonds is 7. The van der Waals surface area contributed by atoms with E-state index in [0.29, 0.717) is 18.8 Å². The molecule has 162 valence electrons. The Morgan fingerprint density at radius 3 is 2.55 bits per heavy atom. The number of fused-ring (bicyclic) bond motifs is 1. The minimum Gasteiger partial charge on any atom is -0.454 e. The second kappa shape index (κ2) is 8.81. The monoisotopic (exact) mass is 421 g/mol. The Morgan fingerprint density at radius 1 is 1.13 bits per heavy atom. The quantitative estimate of drug-likeness (QED) is 0.582. The number of aromatic nitrogens is 2. The van der Waals surface area contributed by atoms with Gasteiger partial charge in [-0.2, -0.15) is 5.10 Å². The zero-order chi connectivity index (χ0) is 22.0. The van der Waals surface area contributed by atoms with Crippen molar-refractivity contribution in [1.29, 1.82) is 0 Å². The summed E-state index contributed by atoms with van der Waals surface area (Å²) in [6.45, 7) is 5.05. The van der Waals surface area contributed by atoms with E-state index in [4.69, 9.17) is 14.2 Å². The number of amides is 1. The first-order valence-corrected chi connectivity index (χ1v) is 10.2. The van der Waals surface area contributed by atoms with Gasteiger partial charge in [-0.05, 0) is 37.1 Å². The Bertz CT molecular complexity index is 1080. The van der Waals surface area contributed by atoms with Gasteiger partial charge in [0.1, 0.15) is 0 Å². The van der Waals surface area contributed by atoms with Crippen molar-refractivity contribution in [1.82, 2.24) is 14.7 Å². The average Bonchev–Trinajstić information content (AvgIpc) is 3.33. The van der Waals surface area contributed by atoms with Crippen LogP contribution in [0.25, 0.3) is 0 Å². The summed E-state index contributed by atoms with van der Waals surface area (Å²) in [5.41, 5.74) is 4.77. The predicted molar refractivity (Wildman–Crippen MR) is 116 cm³/mol. The molecule has 0 spiro atoms. The first-order valence-electron chi connectivity index (χ1n) is 10.2. The van der Waals surface area contributed by atoms with Gasteiger partial charge in [-0.25, -0.2) is 0 Å². The molecule has 0 saturated heterocycles. The maximum atomic E-state index is 13.7. The molecule has 31 heavy (non-hydrogen) atoms. The molecule has 0 bridgehead atoms. The highest BCUT2D eigenvalue weighted by Crippen LogP contribution is 2.33. The standard InChI is InChI=1S/C24H27N3O4/c1-16-20(17(2)26(3)25-16)14-27(13-18-10-11-21-22(12-18)31-15-30-21)24(28)23(29-4)19-8-6-5-7-9-19/h5-12,23H,13-15H2,1-4H3/t23-/m1/s1. The van der Waals surface area contributed by atoms with Gasteiger partial charge in [-0.1, -0.05) is 36.4 Å². The Labute approximate surface area is 182 Å². The van der Waals surface area contributed by atoms with Crippen molar-refractivity contribution < 1.29 is 19.0 Å². The Balaban J connectivity index is 1.66. The van der Waals surface area contributed by atoms with Gasteiger partial charge in [-0.15, -0.1) is 0 Å². The summed E-state index contributed by atoms with van der Waals surface area (Å²) in [6, 6.07) is 15.3. The molecule has 7 nitrogen and oxygen atoms in total. The van der Waals surface area contributed by atoms with Gasteiger partial charge >= 0.3 is 0 Å². The van der Waals surface area contributed by atoms with Gasteiger partial charge in [0.15, 0.2) is 17.6 Å². The molecule has 2 heterocycles. The van der Waals surface area contributed by atoms with Gasteiger partial charge in [0, 0.05) is 38.5 Å². The summed E-state index contributed by atoms with van der Waals surface area (Å²) in [6.07, 6.45) is -0.688. The van der Waals surface area contributed by atoms with Crippen LogP contribution in [-0.4, -0.2) is 34.5 Å². The fraction of sp³-hybridized carbons (Fsp3) is 0.333. The van der Waals surface area contributed by atoms with Crippen LogP contribution in [0.5, 0.6) is 11.5 Å². The average molecular weight is 421 g/mol. The molecule has 0 aliphatic carbocycles. The molecule has 0 N–H and O–H groups in total. The molecule has 1 aliphatic heterocycles. The molecule has 2 aromatic carbocycles. The maximum Gasteiger partial charge on any atom is 0.256 e. The number of carbonyl (C=O) groups excluding carboxylic acids is 1. The van der Waals surface area contributed by atoms with Crippen LogP contribution in [0.4, 0.5) is 0 Å². The highest BCUT2D eigenvalue weighted by atomic mass is 16.7. The van der Waals surface area contributed by atoms with E-state index in [0.717, 1.165) is 33.8 Å². The zero-order valence-corrected chi connectivity index (χ0v) is 18.3. The van der Waals surface area contributed by atoms with Gasteiger partial charge in [0.2, 0.25) is 6.79 Å². The lowest BCUT2D eigenvalue weighted by Crippen LogP contribution is -2.35. The van der Waals surface area contributed by atoms with Crippen molar-refractivity contribution in [3.8, 4) is 11.5 Å². The number of benzene rings is 2. The first kappa shape index (κ1) is 20.9. The highest BCUT2D eigenvalue weighted by molar-refractivity contribution is 5.82. The van der Waals surface area contributed by atoms with Crippen LogP contribution in [0.1, 0.15) is 34.2 Å². The third-order valence-corrected chi connectivity index (χ3v) is 5.69. The molecule has 0 saturated carbocycles. The van der Waals surface area contributed by atoms with Crippen LogP contribution in [0.3, 0.4) is 0 Å². The lowest BCUT2D eigenvalue weighted by atomic mass is 10.1. The van der Waals surface area contributed by atoms with E-state index < -0.39 is 6.10 Å². The Hall–Kier alpha value is -3.32. The molecule has 1 atom stereocenters. The van der Waals surface area contributed by atoms with Crippen LogP contribution < -0.4 is 9.47 Å². The van der Waals surface area contributed by atoms with Crippen LogP contribution in [0, 0.1) is 13.8 Å². The van der Waals surface area contributed by atoms with Gasteiger partial charge < -0.3 is 19.1 Å². The Morgan fingerprint density at radius 2 is 1.87 bits per heavy atom. The largest absolute Gasteiger partial charge is 0.454 e. The van der Waals surface area contributed by atoms with Crippen molar-refractivity contribution in [3.63, 3.8) is 0 Å². The second-order valence-electron chi connectivity index (χ2n) is 7.68. The highest BCUT2D eigenvalue weighted by Gasteiger charge is 2.28. The van der Waals surface area contributed by atoms with Crippen molar-refractivity contribution in [3.05, 3.63) is 76.6 Å². The minimum absolute atomic E-state index is 0.103. The van der Waals surface area contributed by atoms with E-state index in [1.807, 2.05) is 79.0 Å². The van der Waals surface area contributed by atoms with E-state index >= 15 is 0 Å². The summed E-state index contributed by atoms with van der Waals surface area (Å²) in [4.78, 5) is 15.5.